The molecule has 0 aliphatic heterocycles. The van der Waals surface area contributed by atoms with Crippen LogP contribution in [0, 0.1) is 0 Å². The quantitative estimate of drug-likeness (QED) is 0.375. The molecule has 0 saturated heterocycles. The second-order valence-corrected chi connectivity index (χ2v) is 6.95. The number of hydrogen-bond acceptors (Lipinski definition) is 4. The van der Waals surface area contributed by atoms with E-state index < -0.39 is 17.7 Å². The number of benzene rings is 1. The largest absolute Gasteiger partial charge is 0.444 e. The predicted molar refractivity (Wildman–Crippen MR) is 103 cm³/mol. The SMILES string of the molecule is CN=C(N)CCCCNC(=O)C(NC(=O)OC(C)(C)C)c1ccccc1. The molecule has 1 aromatic rings. The minimum absolute atomic E-state index is 0.279. The summed E-state index contributed by atoms with van der Waals surface area (Å²) in [6.45, 7) is 5.82. The van der Waals surface area contributed by atoms with Crippen LogP contribution >= 0.6 is 0 Å². The van der Waals surface area contributed by atoms with Gasteiger partial charge in [0.1, 0.15) is 11.6 Å². The third-order valence-electron chi connectivity index (χ3n) is 3.50. The average molecular weight is 362 g/mol. The number of hydrogen-bond donors (Lipinski definition) is 3. The summed E-state index contributed by atoms with van der Waals surface area (Å²) in [4.78, 5) is 28.6. The second kappa shape index (κ2) is 10.4. The average Bonchev–Trinajstić information content (AvgIpc) is 2.58. The van der Waals surface area contributed by atoms with E-state index in [0.717, 1.165) is 12.8 Å². The lowest BCUT2D eigenvalue weighted by Gasteiger charge is -2.23. The van der Waals surface area contributed by atoms with Gasteiger partial charge in [0.15, 0.2) is 0 Å². The van der Waals surface area contributed by atoms with E-state index in [4.69, 9.17) is 10.5 Å². The summed E-state index contributed by atoms with van der Waals surface area (Å²) in [5.74, 6) is 0.323. The van der Waals surface area contributed by atoms with Gasteiger partial charge in [0, 0.05) is 20.0 Å². The van der Waals surface area contributed by atoms with Crippen LogP contribution in [0.5, 0.6) is 0 Å². The van der Waals surface area contributed by atoms with Gasteiger partial charge in [0.05, 0.1) is 5.84 Å². The number of carbonyl (C=O) groups excluding carboxylic acids is 2. The number of unbranched alkanes of at least 4 members (excludes halogenated alkanes) is 1. The summed E-state index contributed by atoms with van der Waals surface area (Å²) >= 11 is 0. The third kappa shape index (κ3) is 8.50. The Kier molecular flexibility index (Phi) is 8.61. The molecule has 4 N–H and O–H groups in total. The Labute approximate surface area is 155 Å². The first-order chi connectivity index (χ1) is 12.2. The van der Waals surface area contributed by atoms with Gasteiger partial charge in [-0.2, -0.15) is 0 Å². The number of ether oxygens (including phenoxy) is 1. The molecule has 1 atom stereocenters. The lowest BCUT2D eigenvalue weighted by molar-refractivity contribution is -0.123. The monoisotopic (exact) mass is 362 g/mol. The van der Waals surface area contributed by atoms with E-state index in [9.17, 15) is 9.59 Å². The molecule has 1 rings (SSSR count). The lowest BCUT2D eigenvalue weighted by atomic mass is 10.1. The Morgan fingerprint density at radius 3 is 2.42 bits per heavy atom. The van der Waals surface area contributed by atoms with E-state index in [1.54, 1.807) is 40.0 Å². The molecule has 0 heterocycles. The fraction of sp³-hybridized carbons (Fsp3) is 0.526. The minimum Gasteiger partial charge on any atom is -0.444 e. The highest BCUT2D eigenvalue weighted by atomic mass is 16.6. The summed E-state index contributed by atoms with van der Waals surface area (Å²) in [5, 5.41) is 5.50. The van der Waals surface area contributed by atoms with Crippen molar-refractivity contribution >= 4 is 17.8 Å². The molecule has 1 unspecified atom stereocenters. The number of nitrogens with zero attached hydrogens (tertiary/aromatic N) is 1. The molecule has 1 aromatic carbocycles. The van der Waals surface area contributed by atoms with Crippen LogP contribution in [0.4, 0.5) is 4.79 Å². The lowest BCUT2D eigenvalue weighted by Crippen LogP contribution is -2.42. The second-order valence-electron chi connectivity index (χ2n) is 6.95. The van der Waals surface area contributed by atoms with Gasteiger partial charge in [-0.25, -0.2) is 4.79 Å². The zero-order valence-corrected chi connectivity index (χ0v) is 16.0. The smallest absolute Gasteiger partial charge is 0.408 e. The number of amides is 2. The van der Waals surface area contributed by atoms with Gasteiger partial charge in [0.2, 0.25) is 5.91 Å². The molecule has 0 aliphatic rings. The fourth-order valence-electron chi connectivity index (χ4n) is 2.23. The molecule has 26 heavy (non-hydrogen) atoms. The molecule has 2 amide bonds. The molecule has 0 radical (unpaired) electrons. The van der Waals surface area contributed by atoms with Crippen molar-refractivity contribution in [3.05, 3.63) is 35.9 Å². The summed E-state index contributed by atoms with van der Waals surface area (Å²) in [6, 6.07) is 8.26. The first kappa shape index (κ1) is 21.5. The van der Waals surface area contributed by atoms with Crippen LogP contribution in [0.1, 0.15) is 51.6 Å². The maximum Gasteiger partial charge on any atom is 0.408 e. The molecule has 7 heteroatoms. The Balaban J connectivity index is 2.64. The fourth-order valence-corrected chi connectivity index (χ4v) is 2.23. The number of alkyl carbamates (subject to hydrolysis) is 1. The molecule has 7 nitrogen and oxygen atoms in total. The van der Waals surface area contributed by atoms with E-state index >= 15 is 0 Å². The third-order valence-corrected chi connectivity index (χ3v) is 3.50. The van der Waals surface area contributed by atoms with E-state index in [1.807, 2.05) is 18.2 Å². The molecule has 0 fully saturated rings. The molecule has 0 aromatic heterocycles. The number of aliphatic imine (C=N–C) groups is 1. The van der Waals surface area contributed by atoms with Crippen molar-refractivity contribution in [2.24, 2.45) is 10.7 Å². The van der Waals surface area contributed by atoms with Crippen LogP contribution in [0.2, 0.25) is 0 Å². The van der Waals surface area contributed by atoms with Crippen molar-refractivity contribution in [3.63, 3.8) is 0 Å². The van der Waals surface area contributed by atoms with Crippen molar-refractivity contribution in [1.82, 2.24) is 10.6 Å². The Morgan fingerprint density at radius 1 is 1.19 bits per heavy atom. The Morgan fingerprint density at radius 2 is 1.85 bits per heavy atom. The predicted octanol–water partition coefficient (Wildman–Crippen LogP) is 2.53. The zero-order chi connectivity index (χ0) is 19.6. The van der Waals surface area contributed by atoms with Crippen molar-refractivity contribution in [2.75, 3.05) is 13.6 Å². The summed E-state index contributed by atoms with van der Waals surface area (Å²) in [7, 11) is 1.66. The van der Waals surface area contributed by atoms with E-state index in [1.165, 1.54) is 0 Å². The van der Waals surface area contributed by atoms with Crippen LogP contribution in [0.25, 0.3) is 0 Å². The van der Waals surface area contributed by atoms with Crippen molar-refractivity contribution in [3.8, 4) is 0 Å². The van der Waals surface area contributed by atoms with Gasteiger partial charge in [-0.1, -0.05) is 30.3 Å². The molecular formula is C19H30N4O3. The minimum atomic E-state index is -0.812. The number of carbonyl (C=O) groups is 2. The van der Waals surface area contributed by atoms with Crippen LogP contribution in [0.15, 0.2) is 35.3 Å². The Hall–Kier alpha value is -2.57. The number of nitrogens with one attached hydrogen (secondary N) is 2. The maximum absolute atomic E-state index is 12.6. The van der Waals surface area contributed by atoms with Crippen molar-refractivity contribution < 1.29 is 14.3 Å². The normalized spacial score (nSPS) is 13.0. The van der Waals surface area contributed by atoms with Crippen LogP contribution in [0.3, 0.4) is 0 Å². The molecule has 0 aliphatic carbocycles. The van der Waals surface area contributed by atoms with Crippen LogP contribution in [-0.4, -0.2) is 37.0 Å². The molecule has 0 bridgehead atoms. The molecule has 0 spiro atoms. The highest BCUT2D eigenvalue weighted by Crippen LogP contribution is 2.15. The summed E-state index contributed by atoms with van der Waals surface area (Å²) < 4.78 is 5.26. The highest BCUT2D eigenvalue weighted by molar-refractivity contribution is 5.86. The maximum atomic E-state index is 12.6. The van der Waals surface area contributed by atoms with Crippen molar-refractivity contribution in [2.45, 2.75) is 51.7 Å². The first-order valence-corrected chi connectivity index (χ1v) is 8.76. The van der Waals surface area contributed by atoms with E-state index in [-0.39, 0.29) is 5.91 Å². The van der Waals surface area contributed by atoms with Gasteiger partial charge < -0.3 is 21.1 Å². The number of amidine groups is 1. The van der Waals surface area contributed by atoms with Crippen LogP contribution < -0.4 is 16.4 Å². The van der Waals surface area contributed by atoms with Gasteiger partial charge >= 0.3 is 6.09 Å². The first-order valence-electron chi connectivity index (χ1n) is 8.76. The summed E-state index contributed by atoms with van der Waals surface area (Å²) in [5.41, 5.74) is 5.70. The number of rotatable bonds is 8. The zero-order valence-electron chi connectivity index (χ0n) is 16.0. The molecule has 144 valence electrons. The molecular weight excluding hydrogens is 332 g/mol. The van der Waals surface area contributed by atoms with Gasteiger partial charge in [-0.15, -0.1) is 0 Å². The molecule has 0 saturated carbocycles. The standard InChI is InChI=1S/C19H30N4O3/c1-19(2,3)26-18(25)23-16(14-10-6-5-7-11-14)17(24)22-13-9-8-12-15(20)21-4/h5-7,10-11,16H,8-9,12-13H2,1-4H3,(H2,20,21)(H,22,24)(H,23,25). The van der Waals surface area contributed by atoms with Gasteiger partial charge in [-0.05, 0) is 39.2 Å². The Bertz CT molecular complexity index is 609. The van der Waals surface area contributed by atoms with Gasteiger partial charge in [-0.3, -0.25) is 9.79 Å². The highest BCUT2D eigenvalue weighted by Gasteiger charge is 2.25. The van der Waals surface area contributed by atoms with Crippen LogP contribution in [-0.2, 0) is 9.53 Å². The topological polar surface area (TPSA) is 106 Å². The van der Waals surface area contributed by atoms with Gasteiger partial charge in [0.25, 0.3) is 0 Å². The van der Waals surface area contributed by atoms with E-state index in [0.29, 0.717) is 24.4 Å². The summed E-state index contributed by atoms with van der Waals surface area (Å²) in [6.07, 6.45) is 1.67. The van der Waals surface area contributed by atoms with E-state index in [2.05, 4.69) is 15.6 Å². The van der Waals surface area contributed by atoms with Crippen molar-refractivity contribution in [1.29, 1.82) is 0 Å². The number of nitrogens with two attached hydrogens (primary N) is 1.